The van der Waals surface area contributed by atoms with E-state index >= 15 is 8.63 Å². The van der Waals surface area contributed by atoms with Crippen LogP contribution in [0.2, 0.25) is 0 Å². The minimum absolute atomic E-state index is 0.0381. The van der Waals surface area contributed by atoms with Crippen LogP contribution >= 0.6 is 77.2 Å². The Hall–Kier alpha value is -2.36. The number of thiophene rings is 4. The van der Waals surface area contributed by atoms with Crippen molar-refractivity contribution in [2.45, 2.75) is 12.8 Å². The summed E-state index contributed by atoms with van der Waals surface area (Å²) in [7, 11) is 0. The van der Waals surface area contributed by atoms with E-state index in [1.807, 2.05) is 48.5 Å². The van der Waals surface area contributed by atoms with Crippen LogP contribution in [-0.4, -0.2) is 29.1 Å². The highest BCUT2D eigenvalue weighted by atomic mass is 79.9. The van der Waals surface area contributed by atoms with Gasteiger partial charge in [0.2, 0.25) is 0 Å². The van der Waals surface area contributed by atoms with Crippen LogP contribution in [-0.2, 0) is 4.79 Å². The third-order valence-corrected chi connectivity index (χ3v) is 13.0. The fourth-order valence-corrected chi connectivity index (χ4v) is 12.0. The van der Waals surface area contributed by atoms with Crippen molar-refractivity contribution < 1.29 is 23.3 Å². The highest BCUT2D eigenvalue weighted by Crippen LogP contribution is 2.48. The van der Waals surface area contributed by atoms with E-state index in [1.54, 1.807) is 0 Å². The number of carboxylic acids is 1. The Labute approximate surface area is 263 Å². The Morgan fingerprint density at radius 1 is 0.976 bits per heavy atom. The minimum Gasteiger partial charge on any atom is -0.494 e. The van der Waals surface area contributed by atoms with Crippen LogP contribution in [0.4, 0.5) is 8.63 Å². The number of carboxylic acid groups (broad SMARTS) is 1. The molecule has 41 heavy (non-hydrogen) atoms. The highest BCUT2D eigenvalue weighted by Gasteiger charge is 2.54. The first-order valence-electron chi connectivity index (χ1n) is 12.5. The molecule has 5 nitrogen and oxygen atoms in total. The summed E-state index contributed by atoms with van der Waals surface area (Å²) in [6.45, 7) is -3.93. The normalized spacial score (nSPS) is 15.6. The van der Waals surface area contributed by atoms with Gasteiger partial charge in [0.1, 0.15) is 15.0 Å². The van der Waals surface area contributed by atoms with Crippen LogP contribution in [0.3, 0.4) is 0 Å². The zero-order valence-electron chi connectivity index (χ0n) is 20.6. The zero-order valence-corrected chi connectivity index (χ0v) is 27.1. The Bertz CT molecular complexity index is 2260. The van der Waals surface area contributed by atoms with Crippen molar-refractivity contribution in [1.82, 2.24) is 8.96 Å². The monoisotopic (exact) mass is 750 g/mol. The van der Waals surface area contributed by atoms with E-state index in [2.05, 4.69) is 31.9 Å². The predicted octanol–water partition coefficient (Wildman–Crippen LogP) is 7.94. The van der Waals surface area contributed by atoms with E-state index in [-0.39, 0.29) is 13.0 Å². The smallest absolute Gasteiger partial charge is 0.494 e. The zero-order chi connectivity index (χ0) is 28.2. The number of hydrogen-bond donors (Lipinski definition) is 1. The molecule has 8 rings (SSSR count). The standard InChI is InChI=1S/C27H15BBr2F2N2O3S4/c29-20-10-18-26(40-20)24-16(38-18)8-14-23(12-3-5-13(6-4-12)37-7-1-2-22(35)36)15-9-17-25(34(15)28(31,32)33(14)24)27-19(39-17)11-21(30)41-27/h3-6,8-11H,1-2,7H2,(H,35,36). The van der Waals surface area contributed by atoms with Gasteiger partial charge in [0.15, 0.2) is 11.1 Å². The van der Waals surface area contributed by atoms with E-state index in [4.69, 9.17) is 9.84 Å². The quantitative estimate of drug-likeness (QED) is 0.139. The van der Waals surface area contributed by atoms with E-state index in [0.717, 1.165) is 46.7 Å². The Kier molecular flexibility index (Phi) is 5.98. The molecule has 2 aliphatic rings. The second-order valence-corrected chi connectivity index (χ2v) is 16.8. The lowest BCUT2D eigenvalue weighted by Gasteiger charge is -2.31. The number of aliphatic carboxylic acids is 1. The molecule has 0 amide bonds. The maximum atomic E-state index is 17.0. The number of carbonyl (C=O) groups is 1. The third kappa shape index (κ3) is 3.91. The maximum Gasteiger partial charge on any atom is 0.738 e. The Balaban J connectivity index is 1.37. The molecule has 1 aromatic carbocycles. The maximum absolute atomic E-state index is 17.0. The molecule has 7 heterocycles. The molecular formula is C27H15BBr2F2N2O3S4. The summed E-state index contributed by atoms with van der Waals surface area (Å²) in [4.78, 5) is 10.8. The molecule has 0 atom stereocenters. The molecule has 0 bridgehead atoms. The van der Waals surface area contributed by atoms with Gasteiger partial charge >= 0.3 is 12.9 Å². The topological polar surface area (TPSA) is 54.5 Å². The number of hydrogen-bond acceptors (Lipinski definition) is 6. The summed E-state index contributed by atoms with van der Waals surface area (Å²) in [5, 5.41) is 9.44. The average Bonchev–Trinajstić information content (AvgIpc) is 3.72. The van der Waals surface area contributed by atoms with Crippen molar-refractivity contribution in [2.75, 3.05) is 6.61 Å². The summed E-state index contributed by atoms with van der Waals surface area (Å²) >= 11 is 13.1. The Morgan fingerprint density at radius 2 is 1.68 bits per heavy atom. The molecule has 5 aromatic heterocycles. The molecule has 0 radical (unpaired) electrons. The Morgan fingerprint density at radius 3 is 2.41 bits per heavy atom. The first-order chi connectivity index (χ1) is 19.7. The number of fused-ring (bicyclic) bond motifs is 9. The van der Waals surface area contributed by atoms with Gasteiger partial charge in [-0.2, -0.15) is 0 Å². The third-order valence-electron chi connectivity index (χ3n) is 7.29. The van der Waals surface area contributed by atoms with E-state index < -0.39 is 12.9 Å². The van der Waals surface area contributed by atoms with Crippen LogP contribution in [0.25, 0.3) is 40.7 Å². The SMILES string of the molecule is O=C(O)CCCOc1ccc(C2=C3C=c4sc5cc(Br)sc5c4=[N+]3[B-](F)(F)n3c2cc2sc4cc(Br)sc4c23)cc1. The average molecular weight is 752 g/mol. The molecule has 0 unspecified atom stereocenters. The van der Waals surface area contributed by atoms with Gasteiger partial charge in [-0.05, 0) is 74.2 Å². The van der Waals surface area contributed by atoms with Crippen LogP contribution in [0, 0.1) is 0 Å². The van der Waals surface area contributed by atoms with Gasteiger partial charge in [-0.25, -0.2) is 0 Å². The van der Waals surface area contributed by atoms with Crippen LogP contribution < -0.4 is 19.1 Å². The second kappa shape index (κ2) is 9.32. The molecule has 6 aromatic rings. The van der Waals surface area contributed by atoms with Gasteiger partial charge in [-0.3, -0.25) is 4.79 Å². The minimum atomic E-state index is -4.22. The molecule has 0 aliphatic carbocycles. The van der Waals surface area contributed by atoms with Crippen LogP contribution in [0.15, 0.2) is 55.7 Å². The molecule has 0 saturated carbocycles. The lowest BCUT2D eigenvalue weighted by molar-refractivity contribution is -0.137. The van der Waals surface area contributed by atoms with Crippen molar-refractivity contribution in [1.29, 1.82) is 0 Å². The van der Waals surface area contributed by atoms with Crippen LogP contribution in [0.1, 0.15) is 24.1 Å². The fraction of sp³-hybridized carbons (Fsp3) is 0.111. The summed E-state index contributed by atoms with van der Waals surface area (Å²) < 4.78 is 49.6. The van der Waals surface area contributed by atoms with Gasteiger partial charge in [-0.15, -0.1) is 45.3 Å². The van der Waals surface area contributed by atoms with Gasteiger partial charge in [-0.1, -0.05) is 12.1 Å². The molecule has 14 heteroatoms. The van der Waals surface area contributed by atoms with Gasteiger partial charge in [0.05, 0.1) is 33.9 Å². The summed E-state index contributed by atoms with van der Waals surface area (Å²) in [6, 6.07) is 13.3. The number of halogens is 4. The number of benzene rings is 1. The summed E-state index contributed by atoms with van der Waals surface area (Å²) in [5.74, 6) is -0.255. The number of ether oxygens (including phenoxy) is 1. The van der Waals surface area contributed by atoms with Crippen molar-refractivity contribution in [3.63, 3.8) is 0 Å². The molecule has 206 valence electrons. The van der Waals surface area contributed by atoms with Gasteiger partial charge < -0.3 is 27.4 Å². The largest absolute Gasteiger partial charge is 0.738 e. The van der Waals surface area contributed by atoms with Crippen LogP contribution in [0.5, 0.6) is 5.75 Å². The first kappa shape index (κ1) is 26.3. The van der Waals surface area contributed by atoms with Crippen molar-refractivity contribution in [3.8, 4) is 5.75 Å². The van der Waals surface area contributed by atoms with Crippen molar-refractivity contribution in [2.24, 2.45) is 0 Å². The first-order valence-corrected chi connectivity index (χ1v) is 17.4. The highest BCUT2D eigenvalue weighted by molar-refractivity contribution is 9.11. The van der Waals surface area contributed by atoms with E-state index in [0.29, 0.717) is 34.4 Å². The number of rotatable bonds is 6. The fourth-order valence-electron chi connectivity index (χ4n) is 5.72. The van der Waals surface area contributed by atoms with Crippen molar-refractivity contribution in [3.05, 3.63) is 76.9 Å². The molecule has 0 fully saturated rings. The molecular weight excluding hydrogens is 737 g/mol. The second-order valence-electron chi connectivity index (χ2n) is 9.75. The van der Waals surface area contributed by atoms with E-state index in [9.17, 15) is 4.79 Å². The summed E-state index contributed by atoms with van der Waals surface area (Å²) in [5.41, 5.74) is 3.12. The molecule has 2 aliphatic heterocycles. The number of nitrogens with zero attached hydrogens (tertiary/aromatic N) is 2. The van der Waals surface area contributed by atoms with Crippen molar-refractivity contribution >= 4 is 131 Å². The molecule has 0 saturated heterocycles. The number of aromatic nitrogens is 1. The number of allylic oxidation sites excluding steroid dienone is 1. The lowest BCUT2D eigenvalue weighted by Crippen LogP contribution is -2.56. The van der Waals surface area contributed by atoms with Gasteiger partial charge in [0, 0.05) is 28.4 Å². The van der Waals surface area contributed by atoms with Gasteiger partial charge in [0.25, 0.3) is 0 Å². The predicted molar refractivity (Wildman–Crippen MR) is 173 cm³/mol. The van der Waals surface area contributed by atoms with E-state index in [1.165, 1.54) is 54.3 Å². The molecule has 0 spiro atoms. The molecule has 1 N–H and O–H groups in total. The lowest BCUT2D eigenvalue weighted by atomic mass is 9.86. The summed E-state index contributed by atoms with van der Waals surface area (Å²) in [6.07, 6.45) is 2.35.